The Morgan fingerprint density at radius 2 is 1.80 bits per heavy atom. The SMILES string of the molecule is Cc1nc(NCc2cc([N+](=O)[O-])cc(C(F)(F)F)c2)c2cc(C3CCS(=O)(=O)CC3)c(F)cc2n1. The monoisotopic (exact) mass is 512 g/mol. The lowest BCUT2D eigenvalue weighted by molar-refractivity contribution is -0.385. The van der Waals surface area contributed by atoms with Crippen molar-refractivity contribution in [2.24, 2.45) is 0 Å². The van der Waals surface area contributed by atoms with Gasteiger partial charge in [-0.3, -0.25) is 10.1 Å². The zero-order chi connectivity index (χ0) is 25.5. The summed E-state index contributed by atoms with van der Waals surface area (Å²) in [5, 5.41) is 14.4. The molecule has 0 atom stereocenters. The van der Waals surface area contributed by atoms with Gasteiger partial charge in [0.2, 0.25) is 0 Å². The lowest BCUT2D eigenvalue weighted by atomic mass is 9.92. The minimum atomic E-state index is -4.77. The highest BCUT2D eigenvalue weighted by atomic mass is 32.2. The van der Waals surface area contributed by atoms with Gasteiger partial charge in [-0.05, 0) is 48.9 Å². The van der Waals surface area contributed by atoms with Crippen molar-refractivity contribution in [2.45, 2.75) is 38.4 Å². The van der Waals surface area contributed by atoms with Crippen molar-refractivity contribution in [2.75, 3.05) is 16.8 Å². The molecule has 35 heavy (non-hydrogen) atoms. The van der Waals surface area contributed by atoms with Crippen LogP contribution in [0, 0.1) is 22.9 Å². The van der Waals surface area contributed by atoms with Gasteiger partial charge in [-0.25, -0.2) is 22.8 Å². The third-order valence-electron chi connectivity index (χ3n) is 5.90. The number of alkyl halides is 3. The van der Waals surface area contributed by atoms with Gasteiger partial charge in [0, 0.05) is 30.1 Å². The zero-order valence-electron chi connectivity index (χ0n) is 18.4. The Morgan fingerprint density at radius 3 is 2.43 bits per heavy atom. The van der Waals surface area contributed by atoms with Crippen LogP contribution in [0.2, 0.25) is 0 Å². The van der Waals surface area contributed by atoms with E-state index in [4.69, 9.17) is 0 Å². The van der Waals surface area contributed by atoms with Crippen molar-refractivity contribution in [3.8, 4) is 0 Å². The number of hydrogen-bond donors (Lipinski definition) is 1. The molecule has 0 spiro atoms. The van der Waals surface area contributed by atoms with Gasteiger partial charge in [-0.2, -0.15) is 13.2 Å². The molecule has 0 aliphatic carbocycles. The van der Waals surface area contributed by atoms with Gasteiger partial charge < -0.3 is 5.32 Å². The summed E-state index contributed by atoms with van der Waals surface area (Å²) in [5.74, 6) is -0.427. The Morgan fingerprint density at radius 1 is 1.11 bits per heavy atom. The van der Waals surface area contributed by atoms with E-state index in [-0.39, 0.29) is 59.5 Å². The smallest absolute Gasteiger partial charge is 0.365 e. The van der Waals surface area contributed by atoms with E-state index in [1.807, 2.05) is 0 Å². The van der Waals surface area contributed by atoms with Crippen molar-refractivity contribution in [1.82, 2.24) is 9.97 Å². The molecule has 13 heteroatoms. The van der Waals surface area contributed by atoms with Crippen LogP contribution in [0.5, 0.6) is 0 Å². The largest absolute Gasteiger partial charge is 0.416 e. The molecule has 3 aromatic rings. The highest BCUT2D eigenvalue weighted by Gasteiger charge is 2.33. The number of benzene rings is 2. The molecule has 2 aromatic carbocycles. The Hall–Kier alpha value is -3.35. The van der Waals surface area contributed by atoms with E-state index in [9.17, 15) is 36.1 Å². The van der Waals surface area contributed by atoms with Gasteiger partial charge in [0.1, 0.15) is 27.3 Å². The number of sulfone groups is 1. The van der Waals surface area contributed by atoms with E-state index in [1.165, 1.54) is 12.1 Å². The molecular weight excluding hydrogens is 492 g/mol. The van der Waals surface area contributed by atoms with E-state index in [0.717, 1.165) is 12.1 Å². The lowest BCUT2D eigenvalue weighted by Gasteiger charge is -2.23. The Labute approximate surface area is 197 Å². The van der Waals surface area contributed by atoms with Crippen molar-refractivity contribution < 1.29 is 30.9 Å². The molecule has 0 bridgehead atoms. The number of halogens is 4. The first kappa shape index (κ1) is 24.8. The van der Waals surface area contributed by atoms with Crippen LogP contribution in [0.25, 0.3) is 10.9 Å². The van der Waals surface area contributed by atoms with Crippen LogP contribution in [0.15, 0.2) is 30.3 Å². The summed E-state index contributed by atoms with van der Waals surface area (Å²) in [6, 6.07) is 5.06. The van der Waals surface area contributed by atoms with Gasteiger partial charge in [0.15, 0.2) is 0 Å². The van der Waals surface area contributed by atoms with Crippen molar-refractivity contribution >= 4 is 32.2 Å². The molecule has 0 saturated carbocycles. The molecule has 1 aliphatic heterocycles. The number of nitro benzene ring substituents is 1. The molecule has 8 nitrogen and oxygen atoms in total. The van der Waals surface area contributed by atoms with Gasteiger partial charge in [0.05, 0.1) is 27.5 Å². The fourth-order valence-electron chi connectivity index (χ4n) is 4.16. The number of fused-ring (bicyclic) bond motifs is 1. The topological polar surface area (TPSA) is 115 Å². The summed E-state index contributed by atoms with van der Waals surface area (Å²) in [6.45, 7) is 1.35. The first-order chi connectivity index (χ1) is 16.3. The average Bonchev–Trinajstić information content (AvgIpc) is 2.76. The van der Waals surface area contributed by atoms with Crippen LogP contribution < -0.4 is 5.32 Å². The summed E-state index contributed by atoms with van der Waals surface area (Å²) in [5.41, 5.74) is -1.26. The van der Waals surface area contributed by atoms with Gasteiger partial charge in [-0.1, -0.05) is 0 Å². The molecule has 0 unspecified atom stereocenters. The number of aryl methyl sites for hydroxylation is 1. The predicted octanol–water partition coefficient (Wildman–Crippen LogP) is 4.91. The number of nitrogens with one attached hydrogen (secondary N) is 1. The number of nitrogens with zero attached hydrogens (tertiary/aromatic N) is 3. The van der Waals surface area contributed by atoms with Gasteiger partial charge in [0.25, 0.3) is 5.69 Å². The summed E-state index contributed by atoms with van der Waals surface area (Å²) < 4.78 is 78.0. The minimum absolute atomic E-state index is 0.00997. The molecular formula is C22H20F4N4O4S. The number of hydrogen-bond acceptors (Lipinski definition) is 7. The fourth-order valence-corrected chi connectivity index (χ4v) is 5.65. The molecule has 1 aromatic heterocycles. The van der Waals surface area contributed by atoms with Crippen LogP contribution in [-0.4, -0.2) is 34.8 Å². The maximum Gasteiger partial charge on any atom is 0.416 e. The number of non-ortho nitro benzene ring substituents is 1. The molecule has 2 heterocycles. The van der Waals surface area contributed by atoms with Crippen LogP contribution in [0.1, 0.15) is 41.3 Å². The second kappa shape index (κ2) is 9.02. The van der Waals surface area contributed by atoms with Crippen molar-refractivity contribution in [3.05, 3.63) is 68.8 Å². The third kappa shape index (κ3) is 5.50. The first-order valence-electron chi connectivity index (χ1n) is 10.6. The highest BCUT2D eigenvalue weighted by molar-refractivity contribution is 7.91. The molecule has 186 valence electrons. The standard InChI is InChI=1S/C22H20F4N4O4S/c1-12-28-20-10-19(23)17(14-2-4-35(33,34)5-3-14)9-18(20)21(29-12)27-11-13-6-15(22(24,25)26)8-16(7-13)30(31)32/h6-10,14H,2-5,11H2,1H3,(H,27,28,29). The van der Waals surface area contributed by atoms with Crippen molar-refractivity contribution in [1.29, 1.82) is 0 Å². The molecule has 1 aliphatic rings. The minimum Gasteiger partial charge on any atom is -0.365 e. The molecule has 1 saturated heterocycles. The Bertz CT molecular complexity index is 1410. The molecule has 1 N–H and O–H groups in total. The summed E-state index contributed by atoms with van der Waals surface area (Å²) in [6.07, 6.45) is -4.22. The molecule has 4 rings (SSSR count). The average molecular weight is 512 g/mol. The highest BCUT2D eigenvalue weighted by Crippen LogP contribution is 2.35. The predicted molar refractivity (Wildman–Crippen MR) is 120 cm³/mol. The maximum absolute atomic E-state index is 14.9. The van der Waals surface area contributed by atoms with E-state index < -0.39 is 38.0 Å². The van der Waals surface area contributed by atoms with Gasteiger partial charge >= 0.3 is 6.18 Å². The van der Waals surface area contributed by atoms with E-state index in [2.05, 4.69) is 15.3 Å². The van der Waals surface area contributed by atoms with Crippen LogP contribution in [-0.2, 0) is 22.6 Å². The van der Waals surface area contributed by atoms with E-state index >= 15 is 0 Å². The van der Waals surface area contributed by atoms with Crippen LogP contribution >= 0.6 is 0 Å². The second-order valence-corrected chi connectivity index (χ2v) is 10.7. The number of nitro groups is 1. The summed E-state index contributed by atoms with van der Waals surface area (Å²) in [4.78, 5) is 18.7. The summed E-state index contributed by atoms with van der Waals surface area (Å²) >= 11 is 0. The quantitative estimate of drug-likeness (QED) is 0.293. The molecule has 0 amide bonds. The number of rotatable bonds is 5. The fraction of sp³-hybridized carbons (Fsp3) is 0.364. The third-order valence-corrected chi connectivity index (χ3v) is 7.61. The van der Waals surface area contributed by atoms with Gasteiger partial charge in [-0.15, -0.1) is 0 Å². The normalized spacial score (nSPS) is 16.4. The Balaban J connectivity index is 1.69. The first-order valence-corrected chi connectivity index (χ1v) is 12.4. The molecule has 1 fully saturated rings. The maximum atomic E-state index is 14.9. The second-order valence-electron chi connectivity index (χ2n) is 8.43. The number of aromatic nitrogens is 2. The van der Waals surface area contributed by atoms with E-state index in [1.54, 1.807) is 6.92 Å². The van der Waals surface area contributed by atoms with Crippen LogP contribution in [0.4, 0.5) is 29.1 Å². The van der Waals surface area contributed by atoms with Crippen molar-refractivity contribution in [3.63, 3.8) is 0 Å². The zero-order valence-corrected chi connectivity index (χ0v) is 19.2. The number of anilines is 1. The summed E-state index contributed by atoms with van der Waals surface area (Å²) in [7, 11) is -3.14. The lowest BCUT2D eigenvalue weighted by Crippen LogP contribution is -2.22. The van der Waals surface area contributed by atoms with E-state index in [0.29, 0.717) is 17.0 Å². The molecule has 0 radical (unpaired) electrons. The Kier molecular flexibility index (Phi) is 6.38. The van der Waals surface area contributed by atoms with Crippen LogP contribution in [0.3, 0.4) is 0 Å².